The fourth-order valence-electron chi connectivity index (χ4n) is 2.97. The largest absolute Gasteiger partial charge is 0.338 e. The van der Waals surface area contributed by atoms with E-state index in [-0.39, 0.29) is 17.4 Å². The van der Waals surface area contributed by atoms with E-state index in [4.69, 9.17) is 0 Å². The summed E-state index contributed by atoms with van der Waals surface area (Å²) in [6.45, 7) is 8.08. The maximum absolute atomic E-state index is 12.7. The first-order chi connectivity index (χ1) is 10.9. The summed E-state index contributed by atoms with van der Waals surface area (Å²) in [6.07, 6.45) is 6.27. The molecule has 3 rings (SSSR count). The number of carbonyl (C=O) groups excluding carboxylic acids is 1. The van der Waals surface area contributed by atoms with Crippen LogP contribution in [0.3, 0.4) is 0 Å². The highest BCUT2D eigenvalue weighted by Crippen LogP contribution is 2.26. The molecule has 1 saturated heterocycles. The van der Waals surface area contributed by atoms with Crippen LogP contribution in [0.5, 0.6) is 0 Å². The van der Waals surface area contributed by atoms with Gasteiger partial charge in [0, 0.05) is 29.7 Å². The van der Waals surface area contributed by atoms with Crippen LogP contribution in [0.4, 0.5) is 0 Å². The molecule has 0 spiro atoms. The van der Waals surface area contributed by atoms with E-state index in [1.807, 2.05) is 27.2 Å². The molecular weight excluding hydrogens is 308 g/mol. The van der Waals surface area contributed by atoms with Crippen LogP contribution in [0.15, 0.2) is 23.8 Å². The van der Waals surface area contributed by atoms with Gasteiger partial charge in [-0.1, -0.05) is 20.8 Å². The summed E-state index contributed by atoms with van der Waals surface area (Å²) in [6, 6.07) is 2.17. The monoisotopic (exact) mass is 332 g/mol. The Morgan fingerprint density at radius 2 is 2.26 bits per heavy atom. The van der Waals surface area contributed by atoms with Gasteiger partial charge >= 0.3 is 0 Å². The van der Waals surface area contributed by atoms with Crippen molar-refractivity contribution >= 4 is 17.2 Å². The Morgan fingerprint density at radius 1 is 1.43 bits per heavy atom. The molecule has 1 aliphatic rings. The number of carbonyl (C=O) groups is 1. The number of likely N-dealkylation sites (tertiary alicyclic amines) is 1. The van der Waals surface area contributed by atoms with E-state index in [0.717, 1.165) is 36.6 Å². The maximum atomic E-state index is 12.7. The average Bonchev–Trinajstić information content (AvgIpc) is 3.18. The molecule has 3 heterocycles. The maximum Gasteiger partial charge on any atom is 0.228 e. The van der Waals surface area contributed by atoms with Crippen molar-refractivity contribution in [3.8, 4) is 0 Å². The zero-order chi connectivity index (χ0) is 16.4. The van der Waals surface area contributed by atoms with Crippen molar-refractivity contribution in [1.82, 2.24) is 19.7 Å². The van der Waals surface area contributed by atoms with Crippen molar-refractivity contribution in [2.24, 2.45) is 0 Å². The summed E-state index contributed by atoms with van der Waals surface area (Å²) in [4.78, 5) is 19.3. The van der Waals surface area contributed by atoms with Crippen molar-refractivity contribution in [2.45, 2.75) is 58.0 Å². The standard InChI is InChI=1S/C17H24N4OS/c1-17(2,3)16-19-13(12-23-16)10-15(22)21-9-4-6-14(21)11-20-8-5-7-18-20/h5,7-8,12,14H,4,6,9-11H2,1-3H3/t14-/m1/s1. The Labute approximate surface area is 141 Å². The topological polar surface area (TPSA) is 51.0 Å². The van der Waals surface area contributed by atoms with Crippen LogP contribution in [-0.4, -0.2) is 38.2 Å². The number of amides is 1. The summed E-state index contributed by atoms with van der Waals surface area (Å²) in [5, 5.41) is 7.37. The van der Waals surface area contributed by atoms with Gasteiger partial charge in [0.15, 0.2) is 0 Å². The molecule has 23 heavy (non-hydrogen) atoms. The normalized spacial score (nSPS) is 18.6. The Balaban J connectivity index is 1.64. The van der Waals surface area contributed by atoms with Crippen LogP contribution in [0.1, 0.15) is 44.3 Å². The van der Waals surface area contributed by atoms with Gasteiger partial charge in [0.2, 0.25) is 5.91 Å². The first-order valence-electron chi connectivity index (χ1n) is 8.15. The van der Waals surface area contributed by atoms with E-state index in [1.54, 1.807) is 17.5 Å². The van der Waals surface area contributed by atoms with Crippen LogP contribution in [0.25, 0.3) is 0 Å². The molecule has 6 heteroatoms. The molecule has 1 amide bonds. The van der Waals surface area contributed by atoms with Crippen LogP contribution in [-0.2, 0) is 23.2 Å². The summed E-state index contributed by atoms with van der Waals surface area (Å²) in [7, 11) is 0. The third-order valence-electron chi connectivity index (χ3n) is 4.18. The van der Waals surface area contributed by atoms with Gasteiger partial charge < -0.3 is 4.90 Å². The van der Waals surface area contributed by atoms with E-state index in [0.29, 0.717) is 6.42 Å². The summed E-state index contributed by atoms with van der Waals surface area (Å²) < 4.78 is 1.91. The zero-order valence-corrected chi connectivity index (χ0v) is 14.8. The lowest BCUT2D eigenvalue weighted by molar-refractivity contribution is -0.131. The fourth-order valence-corrected chi connectivity index (χ4v) is 3.87. The molecule has 0 N–H and O–H groups in total. The van der Waals surface area contributed by atoms with Crippen molar-refractivity contribution in [2.75, 3.05) is 6.54 Å². The summed E-state index contributed by atoms with van der Waals surface area (Å²) in [5.74, 6) is 0.186. The molecule has 2 aromatic heterocycles. The zero-order valence-electron chi connectivity index (χ0n) is 14.0. The summed E-state index contributed by atoms with van der Waals surface area (Å²) in [5.41, 5.74) is 0.942. The minimum absolute atomic E-state index is 0.0439. The quantitative estimate of drug-likeness (QED) is 0.865. The highest BCUT2D eigenvalue weighted by atomic mass is 32.1. The molecule has 1 fully saturated rings. The van der Waals surface area contributed by atoms with Gasteiger partial charge in [-0.3, -0.25) is 9.48 Å². The molecule has 1 aliphatic heterocycles. The third kappa shape index (κ3) is 3.80. The second-order valence-corrected chi connectivity index (χ2v) is 8.04. The van der Waals surface area contributed by atoms with Crippen LogP contribution >= 0.6 is 11.3 Å². The fraction of sp³-hybridized carbons (Fsp3) is 0.588. The van der Waals surface area contributed by atoms with Crippen LogP contribution in [0.2, 0.25) is 0 Å². The summed E-state index contributed by atoms with van der Waals surface area (Å²) >= 11 is 1.65. The lowest BCUT2D eigenvalue weighted by Crippen LogP contribution is -2.39. The number of thiazole rings is 1. The minimum Gasteiger partial charge on any atom is -0.338 e. The highest BCUT2D eigenvalue weighted by molar-refractivity contribution is 7.09. The smallest absolute Gasteiger partial charge is 0.228 e. The Kier molecular flexibility index (Phi) is 4.53. The van der Waals surface area contributed by atoms with Crippen LogP contribution in [0, 0.1) is 0 Å². The van der Waals surface area contributed by atoms with E-state index in [1.165, 1.54) is 0 Å². The van der Waals surface area contributed by atoms with Gasteiger partial charge in [0.1, 0.15) is 0 Å². The number of nitrogens with zero attached hydrogens (tertiary/aromatic N) is 4. The minimum atomic E-state index is 0.0439. The van der Waals surface area contributed by atoms with E-state index in [9.17, 15) is 4.79 Å². The third-order valence-corrected chi connectivity index (χ3v) is 5.50. The number of aromatic nitrogens is 3. The lowest BCUT2D eigenvalue weighted by Gasteiger charge is -2.24. The predicted octanol–water partition coefficient (Wildman–Crippen LogP) is 2.87. The van der Waals surface area contributed by atoms with E-state index < -0.39 is 0 Å². The first-order valence-corrected chi connectivity index (χ1v) is 9.03. The molecule has 0 bridgehead atoms. The molecule has 0 aliphatic carbocycles. The number of hydrogen-bond acceptors (Lipinski definition) is 4. The van der Waals surface area contributed by atoms with Crippen molar-refractivity contribution in [3.05, 3.63) is 34.5 Å². The molecule has 124 valence electrons. The van der Waals surface area contributed by atoms with E-state index in [2.05, 4.69) is 30.9 Å². The molecule has 0 saturated carbocycles. The Hall–Kier alpha value is -1.69. The SMILES string of the molecule is CC(C)(C)c1nc(CC(=O)N2CCC[C@@H]2Cn2cccn2)cs1. The number of hydrogen-bond donors (Lipinski definition) is 0. The second-order valence-electron chi connectivity index (χ2n) is 7.18. The molecule has 5 nitrogen and oxygen atoms in total. The first kappa shape index (κ1) is 16.2. The van der Waals surface area contributed by atoms with Gasteiger partial charge in [-0.2, -0.15) is 5.10 Å². The molecular formula is C17H24N4OS. The van der Waals surface area contributed by atoms with E-state index >= 15 is 0 Å². The molecule has 0 radical (unpaired) electrons. The Morgan fingerprint density at radius 3 is 2.91 bits per heavy atom. The number of rotatable bonds is 4. The lowest BCUT2D eigenvalue weighted by atomic mass is 9.98. The average molecular weight is 332 g/mol. The second kappa shape index (κ2) is 6.43. The van der Waals surface area contributed by atoms with Gasteiger partial charge in [-0.15, -0.1) is 11.3 Å². The molecule has 0 unspecified atom stereocenters. The van der Waals surface area contributed by atoms with Crippen LogP contribution < -0.4 is 0 Å². The highest BCUT2D eigenvalue weighted by Gasteiger charge is 2.29. The van der Waals surface area contributed by atoms with Gasteiger partial charge in [0.25, 0.3) is 0 Å². The van der Waals surface area contributed by atoms with Gasteiger partial charge in [-0.25, -0.2) is 4.98 Å². The van der Waals surface area contributed by atoms with Gasteiger partial charge in [0.05, 0.1) is 29.7 Å². The van der Waals surface area contributed by atoms with Crippen molar-refractivity contribution in [1.29, 1.82) is 0 Å². The predicted molar refractivity (Wildman–Crippen MR) is 91.5 cm³/mol. The van der Waals surface area contributed by atoms with Crippen molar-refractivity contribution < 1.29 is 4.79 Å². The molecule has 2 aromatic rings. The molecule has 0 aromatic carbocycles. The Bertz CT molecular complexity index is 656. The van der Waals surface area contributed by atoms with Gasteiger partial charge in [-0.05, 0) is 18.9 Å². The molecule has 1 atom stereocenters. The van der Waals surface area contributed by atoms with Crippen molar-refractivity contribution in [3.63, 3.8) is 0 Å².